The van der Waals surface area contributed by atoms with E-state index in [2.05, 4.69) is 10.2 Å². The normalized spacial score (nSPS) is 11.2. The van der Waals surface area contributed by atoms with Crippen LogP contribution in [0.5, 0.6) is 0 Å². The lowest BCUT2D eigenvalue weighted by Gasteiger charge is -2.15. The Morgan fingerprint density at radius 2 is 1.69 bits per heavy atom. The number of nitrogens with one attached hydrogen (secondary N) is 2. The molecule has 0 fully saturated rings. The Kier molecular flexibility index (Phi) is 3.18. The van der Waals surface area contributed by atoms with Crippen LogP contribution >= 0.6 is 0 Å². The summed E-state index contributed by atoms with van der Waals surface area (Å²) in [6.45, 7) is 0. The van der Waals surface area contributed by atoms with Crippen LogP contribution in [0.25, 0.3) is 38.9 Å². The monoisotopic (exact) mass is 337 g/mol. The number of hydrogen-bond donors (Lipinski definition) is 2. The van der Waals surface area contributed by atoms with Crippen LogP contribution < -0.4 is 5.49 Å². The third-order valence-corrected chi connectivity index (χ3v) is 4.53. The lowest BCUT2D eigenvalue weighted by Crippen LogP contribution is -2.22. The molecule has 2 N–H and O–H groups in total. The Labute approximate surface area is 149 Å². The number of rotatable bonds is 2. The number of benzene rings is 3. The molecule has 0 radical (unpaired) electrons. The quantitative estimate of drug-likeness (QED) is 0.510. The Bertz CT molecular complexity index is 1300. The van der Waals surface area contributed by atoms with Crippen LogP contribution in [-0.4, -0.2) is 19.7 Å². The second kappa shape index (κ2) is 5.67. The van der Waals surface area contributed by atoms with Crippen molar-refractivity contribution in [2.75, 3.05) is 0 Å². The molecule has 0 amide bonds. The lowest BCUT2D eigenvalue weighted by atomic mass is 10.1. The molecule has 0 aliphatic heterocycles. The largest absolute Gasteiger partial charge is 0.283 e. The molecule has 5 nitrogen and oxygen atoms in total. The standard InChI is InChI=1S/C21H15N5/c22-20-17-8-4-5-9-19(17)24-21(14-6-2-1-3-7-14)26(20)16-10-11-18-15(12-16)13-23-25-18/h1-13,22H,(H,23,25). The van der Waals surface area contributed by atoms with Crippen LogP contribution in [0.4, 0.5) is 0 Å². The van der Waals surface area contributed by atoms with Crippen LogP contribution in [0.3, 0.4) is 0 Å². The van der Waals surface area contributed by atoms with Crippen molar-refractivity contribution in [1.82, 2.24) is 19.7 Å². The van der Waals surface area contributed by atoms with Crippen LogP contribution in [0.1, 0.15) is 0 Å². The molecule has 26 heavy (non-hydrogen) atoms. The highest BCUT2D eigenvalue weighted by Gasteiger charge is 2.13. The molecule has 5 rings (SSSR count). The number of nitrogens with zero attached hydrogens (tertiary/aromatic N) is 3. The molecular formula is C21H15N5. The summed E-state index contributed by atoms with van der Waals surface area (Å²) in [5.74, 6) is 0.747. The van der Waals surface area contributed by atoms with E-state index in [4.69, 9.17) is 10.4 Å². The second-order valence-corrected chi connectivity index (χ2v) is 6.14. The first-order chi connectivity index (χ1) is 12.8. The van der Waals surface area contributed by atoms with E-state index in [-0.39, 0.29) is 0 Å². The maximum atomic E-state index is 8.84. The van der Waals surface area contributed by atoms with Gasteiger partial charge in [0.1, 0.15) is 11.3 Å². The van der Waals surface area contributed by atoms with Crippen LogP contribution in [0.15, 0.2) is 79.0 Å². The Hall–Kier alpha value is -3.73. The minimum Gasteiger partial charge on any atom is -0.283 e. The molecule has 5 heteroatoms. The van der Waals surface area contributed by atoms with Gasteiger partial charge in [0, 0.05) is 22.0 Å². The Morgan fingerprint density at radius 1 is 0.885 bits per heavy atom. The number of aromatic amines is 1. The fourth-order valence-electron chi connectivity index (χ4n) is 3.26. The first-order valence-corrected chi connectivity index (χ1v) is 8.36. The molecular weight excluding hydrogens is 322 g/mol. The molecule has 2 heterocycles. The van der Waals surface area contributed by atoms with Crippen molar-refractivity contribution in [3.8, 4) is 17.1 Å². The Morgan fingerprint density at radius 3 is 2.58 bits per heavy atom. The van der Waals surface area contributed by atoms with Gasteiger partial charge in [0.15, 0.2) is 0 Å². The molecule has 0 atom stereocenters. The average molecular weight is 337 g/mol. The summed E-state index contributed by atoms with van der Waals surface area (Å²) in [6.07, 6.45) is 1.79. The zero-order valence-electron chi connectivity index (χ0n) is 13.8. The third-order valence-electron chi connectivity index (χ3n) is 4.53. The van der Waals surface area contributed by atoms with Gasteiger partial charge in [-0.3, -0.25) is 15.1 Å². The summed E-state index contributed by atoms with van der Waals surface area (Å²) in [4.78, 5) is 4.87. The number of para-hydroxylation sites is 1. The van der Waals surface area contributed by atoms with Gasteiger partial charge in [0.05, 0.1) is 17.2 Å². The van der Waals surface area contributed by atoms with Crippen molar-refractivity contribution >= 4 is 21.8 Å². The number of H-pyrrole nitrogens is 1. The number of hydrogen-bond acceptors (Lipinski definition) is 3. The molecule has 5 aromatic rings. The Balaban J connectivity index is 1.90. The molecule has 2 aromatic heterocycles. The summed E-state index contributed by atoms with van der Waals surface area (Å²) >= 11 is 0. The molecule has 0 aliphatic carbocycles. The maximum absolute atomic E-state index is 8.84. The minimum absolute atomic E-state index is 0.414. The zero-order chi connectivity index (χ0) is 17.5. The van der Waals surface area contributed by atoms with E-state index in [0.717, 1.165) is 38.9 Å². The second-order valence-electron chi connectivity index (χ2n) is 6.14. The first kappa shape index (κ1) is 14.6. The minimum atomic E-state index is 0.414. The summed E-state index contributed by atoms with van der Waals surface area (Å²) < 4.78 is 1.89. The van der Waals surface area contributed by atoms with E-state index in [1.54, 1.807) is 6.20 Å². The van der Waals surface area contributed by atoms with Crippen molar-refractivity contribution in [1.29, 1.82) is 5.41 Å². The number of aromatic nitrogens is 4. The summed E-state index contributed by atoms with van der Waals surface area (Å²) in [6, 6.07) is 23.8. The molecule has 124 valence electrons. The lowest BCUT2D eigenvalue weighted by molar-refractivity contribution is 0.923. The van der Waals surface area contributed by atoms with E-state index >= 15 is 0 Å². The first-order valence-electron chi connectivity index (χ1n) is 8.36. The van der Waals surface area contributed by atoms with Crippen molar-refractivity contribution in [2.45, 2.75) is 0 Å². The third kappa shape index (κ3) is 2.22. The van der Waals surface area contributed by atoms with Gasteiger partial charge in [-0.25, -0.2) is 4.98 Å². The number of fused-ring (bicyclic) bond motifs is 2. The maximum Gasteiger partial charge on any atom is 0.146 e. The summed E-state index contributed by atoms with van der Waals surface area (Å²) in [5, 5.41) is 17.7. The molecule has 0 saturated carbocycles. The molecule has 0 unspecified atom stereocenters. The SMILES string of the molecule is N=c1c2ccccc2nc(-c2ccccc2)n1-c1ccc2[nH]ncc2c1. The van der Waals surface area contributed by atoms with Gasteiger partial charge in [-0.1, -0.05) is 42.5 Å². The average Bonchev–Trinajstić information content (AvgIpc) is 3.16. The molecule has 0 aliphatic rings. The van der Waals surface area contributed by atoms with E-state index in [1.807, 2.05) is 77.4 Å². The fraction of sp³-hybridized carbons (Fsp3) is 0. The predicted octanol–water partition coefficient (Wildman–Crippen LogP) is 4.05. The highest BCUT2D eigenvalue weighted by Crippen LogP contribution is 2.23. The van der Waals surface area contributed by atoms with Crippen LogP contribution in [0.2, 0.25) is 0 Å². The van der Waals surface area contributed by atoms with E-state index < -0.39 is 0 Å². The molecule has 0 bridgehead atoms. The topological polar surface area (TPSA) is 70.3 Å². The van der Waals surface area contributed by atoms with Crippen LogP contribution in [0, 0.1) is 5.41 Å². The fourth-order valence-corrected chi connectivity index (χ4v) is 3.26. The van der Waals surface area contributed by atoms with Crippen molar-refractivity contribution in [2.24, 2.45) is 0 Å². The van der Waals surface area contributed by atoms with Crippen molar-refractivity contribution < 1.29 is 0 Å². The van der Waals surface area contributed by atoms with Gasteiger partial charge < -0.3 is 0 Å². The smallest absolute Gasteiger partial charge is 0.146 e. The van der Waals surface area contributed by atoms with Crippen molar-refractivity contribution in [3.05, 3.63) is 84.5 Å². The predicted molar refractivity (Wildman–Crippen MR) is 102 cm³/mol. The molecule has 0 saturated heterocycles. The zero-order valence-corrected chi connectivity index (χ0v) is 13.8. The van der Waals surface area contributed by atoms with Gasteiger partial charge in [0.2, 0.25) is 0 Å². The highest BCUT2D eigenvalue weighted by molar-refractivity contribution is 5.83. The van der Waals surface area contributed by atoms with Gasteiger partial charge in [-0.2, -0.15) is 5.10 Å². The van der Waals surface area contributed by atoms with Crippen molar-refractivity contribution in [3.63, 3.8) is 0 Å². The summed E-state index contributed by atoms with van der Waals surface area (Å²) in [5.41, 5.74) is 4.06. The van der Waals surface area contributed by atoms with E-state index in [9.17, 15) is 0 Å². The molecule has 0 spiro atoms. The molecule has 3 aromatic carbocycles. The summed E-state index contributed by atoms with van der Waals surface area (Å²) in [7, 11) is 0. The van der Waals surface area contributed by atoms with E-state index in [0.29, 0.717) is 5.49 Å². The van der Waals surface area contributed by atoms with Gasteiger partial charge in [-0.15, -0.1) is 0 Å². The van der Waals surface area contributed by atoms with Gasteiger partial charge in [-0.05, 0) is 30.3 Å². The van der Waals surface area contributed by atoms with Crippen LogP contribution in [-0.2, 0) is 0 Å². The highest BCUT2D eigenvalue weighted by atomic mass is 15.1. The van der Waals surface area contributed by atoms with Gasteiger partial charge in [0.25, 0.3) is 0 Å². The van der Waals surface area contributed by atoms with Gasteiger partial charge >= 0.3 is 0 Å². The van der Waals surface area contributed by atoms with E-state index in [1.165, 1.54) is 0 Å².